The Kier molecular flexibility index (Phi) is 5.72. The zero-order chi connectivity index (χ0) is 17.1. The van der Waals surface area contributed by atoms with Gasteiger partial charge in [-0.1, -0.05) is 62.9 Å². The van der Waals surface area contributed by atoms with Crippen LogP contribution in [0.1, 0.15) is 38.4 Å². The molecule has 1 aliphatic heterocycles. The van der Waals surface area contributed by atoms with Crippen molar-refractivity contribution in [1.29, 1.82) is 0 Å². The molecule has 3 rings (SSSR count). The highest BCUT2D eigenvalue weighted by Gasteiger charge is 2.26. The summed E-state index contributed by atoms with van der Waals surface area (Å²) >= 11 is 3.41. The molecule has 0 saturated carbocycles. The summed E-state index contributed by atoms with van der Waals surface area (Å²) in [6.07, 6.45) is 2.83. The molecule has 0 fully saturated rings. The fourth-order valence-corrected chi connectivity index (χ4v) is 4.88. The molecule has 3 nitrogen and oxygen atoms in total. The minimum absolute atomic E-state index is 0.149. The summed E-state index contributed by atoms with van der Waals surface area (Å²) in [5.74, 6) is 0. The lowest BCUT2D eigenvalue weighted by Gasteiger charge is -2.16. The summed E-state index contributed by atoms with van der Waals surface area (Å²) in [5.41, 5.74) is 2.40. The predicted molar refractivity (Wildman–Crippen MR) is 103 cm³/mol. The Morgan fingerprint density at radius 2 is 2.12 bits per heavy atom. The third-order valence-corrected chi connectivity index (χ3v) is 6.78. The van der Waals surface area contributed by atoms with Crippen LogP contribution in [0, 0.1) is 0 Å². The first-order chi connectivity index (χ1) is 11.6. The van der Waals surface area contributed by atoms with Crippen LogP contribution in [0.25, 0.3) is 0 Å². The second-order valence-electron chi connectivity index (χ2n) is 6.33. The maximum Gasteiger partial charge on any atom is 0.268 e. The molecule has 2 heterocycles. The highest BCUT2D eigenvalue weighted by Crippen LogP contribution is 2.35. The van der Waals surface area contributed by atoms with Crippen molar-refractivity contribution in [2.45, 2.75) is 67.1 Å². The Balaban J connectivity index is 1.93. The van der Waals surface area contributed by atoms with Gasteiger partial charge >= 0.3 is 0 Å². The first kappa shape index (κ1) is 17.6. The standard InChI is InChI=1S/C19H24N2OS2/c1-4-13(2)24-19-20-16-12-14(3)23-17(16)18(22)21(19)11-10-15-8-6-5-7-9-15/h5-9,13-14H,4,10-12H2,1-3H3/t13-,14-/m0/s1. The van der Waals surface area contributed by atoms with Crippen LogP contribution in [0.5, 0.6) is 0 Å². The van der Waals surface area contributed by atoms with E-state index in [0.29, 0.717) is 17.0 Å². The van der Waals surface area contributed by atoms with Crippen molar-refractivity contribution in [3.63, 3.8) is 0 Å². The van der Waals surface area contributed by atoms with Gasteiger partial charge in [0, 0.05) is 23.5 Å². The molecule has 0 unspecified atom stereocenters. The molecule has 2 atom stereocenters. The van der Waals surface area contributed by atoms with Gasteiger partial charge in [0.05, 0.1) is 10.6 Å². The van der Waals surface area contributed by atoms with E-state index >= 15 is 0 Å². The molecule has 0 spiro atoms. The van der Waals surface area contributed by atoms with Crippen LogP contribution in [-0.2, 0) is 19.4 Å². The molecule has 0 bridgehead atoms. The maximum atomic E-state index is 13.0. The van der Waals surface area contributed by atoms with Gasteiger partial charge in [0.25, 0.3) is 5.56 Å². The molecule has 5 heteroatoms. The molecule has 0 aliphatic carbocycles. The summed E-state index contributed by atoms with van der Waals surface area (Å²) in [5, 5.41) is 1.80. The first-order valence-corrected chi connectivity index (χ1v) is 10.3. The molecule has 0 radical (unpaired) electrons. The number of nitrogens with zero attached hydrogens (tertiary/aromatic N) is 2. The zero-order valence-electron chi connectivity index (χ0n) is 14.5. The summed E-state index contributed by atoms with van der Waals surface area (Å²) in [7, 11) is 0. The van der Waals surface area contributed by atoms with E-state index in [1.807, 2.05) is 22.8 Å². The van der Waals surface area contributed by atoms with Gasteiger partial charge in [0.15, 0.2) is 5.16 Å². The van der Waals surface area contributed by atoms with Gasteiger partial charge in [-0.3, -0.25) is 9.36 Å². The molecule has 1 aromatic carbocycles. The van der Waals surface area contributed by atoms with Gasteiger partial charge < -0.3 is 0 Å². The number of thioether (sulfide) groups is 2. The van der Waals surface area contributed by atoms with Crippen molar-refractivity contribution >= 4 is 23.5 Å². The average Bonchev–Trinajstić information content (AvgIpc) is 2.96. The lowest BCUT2D eigenvalue weighted by molar-refractivity contribution is 0.563. The van der Waals surface area contributed by atoms with Crippen LogP contribution in [0.3, 0.4) is 0 Å². The van der Waals surface area contributed by atoms with Gasteiger partial charge in [-0.05, 0) is 18.4 Å². The van der Waals surface area contributed by atoms with Crippen molar-refractivity contribution in [1.82, 2.24) is 9.55 Å². The van der Waals surface area contributed by atoms with E-state index in [9.17, 15) is 4.79 Å². The maximum absolute atomic E-state index is 13.0. The number of hydrogen-bond donors (Lipinski definition) is 0. The van der Waals surface area contributed by atoms with Crippen molar-refractivity contribution in [3.8, 4) is 0 Å². The third-order valence-electron chi connectivity index (χ3n) is 4.31. The molecule has 1 aromatic heterocycles. The Morgan fingerprint density at radius 1 is 1.38 bits per heavy atom. The minimum Gasteiger partial charge on any atom is -0.286 e. The molecule has 128 valence electrons. The molecule has 1 aliphatic rings. The Bertz CT molecular complexity index is 758. The van der Waals surface area contributed by atoms with E-state index in [-0.39, 0.29) is 5.56 Å². The number of benzene rings is 1. The Labute approximate surface area is 152 Å². The molecule has 0 saturated heterocycles. The van der Waals surface area contributed by atoms with Crippen LogP contribution in [0.15, 0.2) is 45.2 Å². The van der Waals surface area contributed by atoms with E-state index in [0.717, 1.165) is 35.0 Å². The summed E-state index contributed by atoms with van der Waals surface area (Å²) in [6, 6.07) is 10.3. The van der Waals surface area contributed by atoms with Crippen LogP contribution in [0.2, 0.25) is 0 Å². The fourth-order valence-electron chi connectivity index (χ4n) is 2.77. The zero-order valence-corrected chi connectivity index (χ0v) is 16.1. The van der Waals surface area contributed by atoms with E-state index in [4.69, 9.17) is 4.98 Å². The topological polar surface area (TPSA) is 34.9 Å². The molecular formula is C19H24N2OS2. The van der Waals surface area contributed by atoms with Gasteiger partial charge in [-0.2, -0.15) is 0 Å². The van der Waals surface area contributed by atoms with Crippen molar-refractivity contribution in [2.75, 3.05) is 0 Å². The van der Waals surface area contributed by atoms with Gasteiger partial charge in [-0.25, -0.2) is 4.98 Å². The number of fused-ring (bicyclic) bond motifs is 1. The molecule has 2 aromatic rings. The molecular weight excluding hydrogens is 336 g/mol. The number of aromatic nitrogens is 2. The summed E-state index contributed by atoms with van der Waals surface area (Å²) < 4.78 is 1.90. The average molecular weight is 361 g/mol. The van der Waals surface area contributed by atoms with Crippen LogP contribution in [0.4, 0.5) is 0 Å². The Hall–Kier alpha value is -1.20. The molecule has 0 amide bonds. The van der Waals surface area contributed by atoms with E-state index in [1.165, 1.54) is 5.56 Å². The van der Waals surface area contributed by atoms with Crippen molar-refractivity contribution in [3.05, 3.63) is 51.9 Å². The highest BCUT2D eigenvalue weighted by atomic mass is 32.2. The molecule has 0 N–H and O–H groups in total. The fraction of sp³-hybridized carbons (Fsp3) is 0.474. The largest absolute Gasteiger partial charge is 0.286 e. The SMILES string of the molecule is CC[C@H](C)Sc1nc2c(c(=O)n1CCc1ccccc1)S[C@@H](C)C2. The lowest BCUT2D eigenvalue weighted by Crippen LogP contribution is -2.26. The van der Waals surface area contributed by atoms with Crippen molar-refractivity contribution in [2.24, 2.45) is 0 Å². The van der Waals surface area contributed by atoms with E-state index in [2.05, 4.69) is 32.9 Å². The van der Waals surface area contributed by atoms with Gasteiger partial charge in [-0.15, -0.1) is 11.8 Å². The van der Waals surface area contributed by atoms with Gasteiger partial charge in [0.2, 0.25) is 0 Å². The summed E-state index contributed by atoms with van der Waals surface area (Å²) in [6.45, 7) is 7.23. The van der Waals surface area contributed by atoms with Crippen molar-refractivity contribution < 1.29 is 0 Å². The van der Waals surface area contributed by atoms with Crippen LogP contribution >= 0.6 is 23.5 Å². The first-order valence-electron chi connectivity index (χ1n) is 8.59. The second-order valence-corrected chi connectivity index (χ2v) is 9.19. The molecule has 24 heavy (non-hydrogen) atoms. The van der Waals surface area contributed by atoms with Crippen LogP contribution in [-0.4, -0.2) is 20.1 Å². The summed E-state index contributed by atoms with van der Waals surface area (Å²) in [4.78, 5) is 18.7. The lowest BCUT2D eigenvalue weighted by atomic mass is 10.1. The quantitative estimate of drug-likeness (QED) is 0.564. The monoisotopic (exact) mass is 360 g/mol. The number of aryl methyl sites for hydroxylation is 1. The predicted octanol–water partition coefficient (Wildman–Crippen LogP) is 4.41. The number of hydrogen-bond acceptors (Lipinski definition) is 4. The van der Waals surface area contributed by atoms with E-state index in [1.54, 1.807) is 23.5 Å². The van der Waals surface area contributed by atoms with Gasteiger partial charge in [0.1, 0.15) is 0 Å². The van der Waals surface area contributed by atoms with Crippen LogP contribution < -0.4 is 5.56 Å². The smallest absolute Gasteiger partial charge is 0.268 e. The highest BCUT2D eigenvalue weighted by molar-refractivity contribution is 8.00. The minimum atomic E-state index is 0.149. The second kappa shape index (κ2) is 7.79. The van der Waals surface area contributed by atoms with E-state index < -0.39 is 0 Å². The third kappa shape index (κ3) is 3.89. The Morgan fingerprint density at radius 3 is 2.83 bits per heavy atom. The normalized spacial score (nSPS) is 17.7. The number of rotatable bonds is 6.